The lowest BCUT2D eigenvalue weighted by atomic mass is 9.93. The average Bonchev–Trinajstić information content (AvgIpc) is 3.41. The molecule has 0 bridgehead atoms. The summed E-state index contributed by atoms with van der Waals surface area (Å²) in [6.45, 7) is 5.15. The Balaban J connectivity index is 1.28. The first-order valence-electron chi connectivity index (χ1n) is 10.6. The quantitative estimate of drug-likeness (QED) is 0.631. The van der Waals surface area contributed by atoms with Gasteiger partial charge >= 0.3 is 0 Å². The third-order valence-electron chi connectivity index (χ3n) is 5.89. The van der Waals surface area contributed by atoms with E-state index < -0.39 is 0 Å². The first-order chi connectivity index (χ1) is 15.4. The van der Waals surface area contributed by atoms with Crippen molar-refractivity contribution in [2.45, 2.75) is 45.6 Å². The number of aryl methyl sites for hydroxylation is 2. The van der Waals surface area contributed by atoms with Gasteiger partial charge in [0.2, 0.25) is 11.7 Å². The van der Waals surface area contributed by atoms with Gasteiger partial charge in [0.25, 0.3) is 5.91 Å². The number of likely N-dealkylation sites (tertiary alicyclic amines) is 1. The molecule has 2 amide bonds. The van der Waals surface area contributed by atoms with Crippen molar-refractivity contribution in [3.8, 4) is 0 Å². The molecular weight excluding hydrogens is 415 g/mol. The van der Waals surface area contributed by atoms with E-state index in [1.54, 1.807) is 18.2 Å². The smallest absolute Gasteiger partial charge is 0.290 e. The highest BCUT2D eigenvalue weighted by Gasteiger charge is 2.27. The summed E-state index contributed by atoms with van der Waals surface area (Å²) in [6, 6.07) is 7.58. The highest BCUT2D eigenvalue weighted by atomic mass is 19.1. The summed E-state index contributed by atoms with van der Waals surface area (Å²) in [5.74, 6) is 0.300. The molecule has 0 radical (unpaired) electrons. The number of piperidine rings is 1. The number of hydrogen-bond donors (Lipinski definition) is 1. The molecule has 1 saturated heterocycles. The van der Waals surface area contributed by atoms with E-state index >= 15 is 0 Å². The SMILES string of the molecule is Cc1noc(C)c1CC(=O)N1CCC(c2cc(C(=O)NCc3ccc(F)cc3)on2)CC1. The zero-order valence-corrected chi connectivity index (χ0v) is 18.1. The number of nitrogens with zero attached hydrogens (tertiary/aromatic N) is 3. The normalized spacial score (nSPS) is 14.5. The maximum Gasteiger partial charge on any atom is 0.290 e. The van der Waals surface area contributed by atoms with Crippen LogP contribution < -0.4 is 5.32 Å². The predicted octanol–water partition coefficient (Wildman–Crippen LogP) is 3.30. The van der Waals surface area contributed by atoms with Gasteiger partial charge in [-0.2, -0.15) is 0 Å². The van der Waals surface area contributed by atoms with Crippen LogP contribution in [0.5, 0.6) is 0 Å². The topological polar surface area (TPSA) is 101 Å². The van der Waals surface area contributed by atoms with Crippen molar-refractivity contribution in [2.24, 2.45) is 0 Å². The van der Waals surface area contributed by atoms with Crippen molar-refractivity contribution in [3.05, 3.63) is 70.2 Å². The van der Waals surface area contributed by atoms with Gasteiger partial charge in [0.05, 0.1) is 17.8 Å². The molecule has 1 aliphatic heterocycles. The number of benzene rings is 1. The van der Waals surface area contributed by atoms with E-state index in [1.807, 2.05) is 18.7 Å². The third kappa shape index (κ3) is 4.87. The van der Waals surface area contributed by atoms with Crippen LogP contribution in [0.1, 0.15) is 57.6 Å². The first kappa shape index (κ1) is 21.7. The Labute approximate surface area is 184 Å². The van der Waals surface area contributed by atoms with Crippen molar-refractivity contribution < 1.29 is 23.0 Å². The van der Waals surface area contributed by atoms with E-state index in [0.29, 0.717) is 18.8 Å². The van der Waals surface area contributed by atoms with Gasteiger partial charge in [0, 0.05) is 37.2 Å². The lowest BCUT2D eigenvalue weighted by Crippen LogP contribution is -2.39. The number of aromatic nitrogens is 2. The van der Waals surface area contributed by atoms with Crippen LogP contribution in [0.4, 0.5) is 4.39 Å². The standard InChI is InChI=1S/C23H25FN4O4/c1-14-19(15(2)31-26-14)11-22(29)28-9-7-17(8-10-28)20-12-21(32-27-20)23(30)25-13-16-3-5-18(24)6-4-16/h3-6,12,17H,7-11,13H2,1-2H3,(H,25,30). The fourth-order valence-corrected chi connectivity index (χ4v) is 3.90. The summed E-state index contributed by atoms with van der Waals surface area (Å²) in [7, 11) is 0. The van der Waals surface area contributed by atoms with E-state index in [1.165, 1.54) is 12.1 Å². The molecule has 9 heteroatoms. The van der Waals surface area contributed by atoms with E-state index in [9.17, 15) is 14.0 Å². The Morgan fingerprint density at radius 1 is 1.12 bits per heavy atom. The summed E-state index contributed by atoms with van der Waals surface area (Å²) in [4.78, 5) is 26.9. The Hall–Kier alpha value is -3.49. The molecular formula is C23H25FN4O4. The molecule has 0 aliphatic carbocycles. The fraction of sp³-hybridized carbons (Fsp3) is 0.391. The van der Waals surface area contributed by atoms with E-state index in [2.05, 4.69) is 15.6 Å². The second-order valence-electron chi connectivity index (χ2n) is 8.06. The molecule has 4 rings (SSSR count). The number of carbonyl (C=O) groups excluding carboxylic acids is 2. The summed E-state index contributed by atoms with van der Waals surface area (Å²) in [5, 5.41) is 10.7. The molecule has 0 saturated carbocycles. The van der Waals surface area contributed by atoms with Crippen LogP contribution in [0.15, 0.2) is 39.4 Å². The molecule has 1 N–H and O–H groups in total. The molecule has 2 aromatic heterocycles. The van der Waals surface area contributed by atoms with Crippen molar-refractivity contribution in [1.29, 1.82) is 0 Å². The van der Waals surface area contributed by atoms with Gasteiger partial charge in [-0.25, -0.2) is 4.39 Å². The van der Waals surface area contributed by atoms with Crippen molar-refractivity contribution >= 4 is 11.8 Å². The number of rotatable bonds is 6. The van der Waals surface area contributed by atoms with Gasteiger partial charge in [-0.1, -0.05) is 22.4 Å². The van der Waals surface area contributed by atoms with Gasteiger partial charge in [0.1, 0.15) is 11.6 Å². The van der Waals surface area contributed by atoms with Crippen molar-refractivity contribution in [2.75, 3.05) is 13.1 Å². The Bertz CT molecular complexity index is 1080. The first-order valence-corrected chi connectivity index (χ1v) is 10.6. The van der Waals surface area contributed by atoms with E-state index in [-0.39, 0.29) is 42.3 Å². The van der Waals surface area contributed by atoms with Crippen molar-refractivity contribution in [1.82, 2.24) is 20.5 Å². The van der Waals surface area contributed by atoms with Crippen LogP contribution in [-0.4, -0.2) is 40.1 Å². The van der Waals surface area contributed by atoms with E-state index in [4.69, 9.17) is 9.05 Å². The highest BCUT2D eigenvalue weighted by molar-refractivity contribution is 5.91. The average molecular weight is 440 g/mol. The summed E-state index contributed by atoms with van der Waals surface area (Å²) in [6.07, 6.45) is 1.78. The molecule has 1 aromatic carbocycles. The number of amides is 2. The summed E-state index contributed by atoms with van der Waals surface area (Å²) < 4.78 is 23.4. The predicted molar refractivity (Wildman–Crippen MR) is 112 cm³/mol. The number of halogens is 1. The molecule has 168 valence electrons. The molecule has 32 heavy (non-hydrogen) atoms. The van der Waals surface area contributed by atoms with Gasteiger partial charge in [0.15, 0.2) is 0 Å². The third-order valence-corrected chi connectivity index (χ3v) is 5.89. The minimum Gasteiger partial charge on any atom is -0.361 e. The maximum atomic E-state index is 13.0. The second-order valence-corrected chi connectivity index (χ2v) is 8.06. The van der Waals surface area contributed by atoms with Crippen LogP contribution in [0, 0.1) is 19.7 Å². The second kappa shape index (κ2) is 9.33. The van der Waals surface area contributed by atoms with Gasteiger partial charge in [-0.15, -0.1) is 0 Å². The summed E-state index contributed by atoms with van der Waals surface area (Å²) in [5.41, 5.74) is 3.10. The molecule has 0 spiro atoms. The number of carbonyl (C=O) groups is 2. The van der Waals surface area contributed by atoms with Gasteiger partial charge in [-0.3, -0.25) is 9.59 Å². The molecule has 0 atom stereocenters. The van der Waals surface area contributed by atoms with Crippen LogP contribution >= 0.6 is 0 Å². The lowest BCUT2D eigenvalue weighted by molar-refractivity contribution is -0.131. The minimum absolute atomic E-state index is 0.0545. The zero-order chi connectivity index (χ0) is 22.7. The van der Waals surface area contributed by atoms with Gasteiger partial charge < -0.3 is 19.3 Å². The number of hydrogen-bond acceptors (Lipinski definition) is 6. The number of nitrogens with one attached hydrogen (secondary N) is 1. The maximum absolute atomic E-state index is 13.0. The molecule has 3 aromatic rings. The minimum atomic E-state index is -0.375. The Kier molecular flexibility index (Phi) is 6.34. The molecule has 1 aliphatic rings. The summed E-state index contributed by atoms with van der Waals surface area (Å²) >= 11 is 0. The van der Waals surface area contributed by atoms with Crippen LogP contribution in [0.2, 0.25) is 0 Å². The molecule has 0 unspecified atom stereocenters. The van der Waals surface area contributed by atoms with Crippen LogP contribution in [0.25, 0.3) is 0 Å². The Morgan fingerprint density at radius 3 is 2.50 bits per heavy atom. The van der Waals surface area contributed by atoms with Crippen LogP contribution in [0.3, 0.4) is 0 Å². The zero-order valence-electron chi connectivity index (χ0n) is 18.1. The highest BCUT2D eigenvalue weighted by Crippen LogP contribution is 2.28. The molecule has 3 heterocycles. The fourth-order valence-electron chi connectivity index (χ4n) is 3.90. The monoisotopic (exact) mass is 440 g/mol. The van der Waals surface area contributed by atoms with Crippen molar-refractivity contribution in [3.63, 3.8) is 0 Å². The molecule has 8 nitrogen and oxygen atoms in total. The molecule has 1 fully saturated rings. The van der Waals surface area contributed by atoms with E-state index in [0.717, 1.165) is 35.4 Å². The largest absolute Gasteiger partial charge is 0.361 e. The van der Waals surface area contributed by atoms with Crippen LogP contribution in [-0.2, 0) is 17.8 Å². The lowest BCUT2D eigenvalue weighted by Gasteiger charge is -2.31. The van der Waals surface area contributed by atoms with Gasteiger partial charge in [-0.05, 0) is 44.4 Å². The Morgan fingerprint density at radius 2 is 1.84 bits per heavy atom.